The van der Waals surface area contributed by atoms with Gasteiger partial charge in [-0.2, -0.15) is 0 Å². The number of carbonyl (C=O) groups excluding carboxylic acids is 2. The van der Waals surface area contributed by atoms with Crippen molar-refractivity contribution in [3.63, 3.8) is 0 Å². The third kappa shape index (κ3) is 4.22. The number of alkyl halides is 2. The summed E-state index contributed by atoms with van der Waals surface area (Å²) in [7, 11) is 0. The van der Waals surface area contributed by atoms with Crippen molar-refractivity contribution in [1.29, 1.82) is 0 Å². The lowest BCUT2D eigenvalue weighted by Gasteiger charge is -2.24. The third-order valence-corrected chi connectivity index (χ3v) is 2.86. The van der Waals surface area contributed by atoms with Crippen LogP contribution < -0.4 is 0 Å². The average molecular weight is 316 g/mol. The van der Waals surface area contributed by atoms with E-state index in [-0.39, 0.29) is 5.78 Å². The molecule has 0 aromatic carbocycles. The first-order valence-electron chi connectivity index (χ1n) is 3.69. The topological polar surface area (TPSA) is 43.4 Å². The van der Waals surface area contributed by atoms with Crippen molar-refractivity contribution in [2.45, 2.75) is 36.5 Å². The summed E-state index contributed by atoms with van der Waals surface area (Å²) in [6.45, 7) is 6.51. The molecule has 0 radical (unpaired) electrons. The molecule has 5 heteroatoms. The molecule has 0 rings (SSSR count). The Balaban J connectivity index is 4.53. The molecular weight excluding hydrogens is 304 g/mol. The van der Waals surface area contributed by atoms with Crippen molar-refractivity contribution in [3.05, 3.63) is 0 Å². The average Bonchev–Trinajstić information content (AvgIpc) is 1.82. The molecule has 0 unspecified atom stereocenters. The zero-order chi connectivity index (χ0) is 10.9. The Morgan fingerprint density at radius 3 is 1.77 bits per heavy atom. The van der Waals surface area contributed by atoms with Gasteiger partial charge in [0, 0.05) is 0 Å². The Morgan fingerprint density at radius 1 is 1.15 bits per heavy atom. The van der Waals surface area contributed by atoms with Crippen LogP contribution in [0.4, 0.5) is 0 Å². The standard InChI is InChI=1S/C8H12Br2O3/c1-5(11)8(9,10)6(12)13-7(2,3)4/h1-4H3. The van der Waals surface area contributed by atoms with Gasteiger partial charge in [-0.05, 0) is 27.7 Å². The van der Waals surface area contributed by atoms with E-state index in [9.17, 15) is 9.59 Å². The molecule has 0 amide bonds. The van der Waals surface area contributed by atoms with Crippen LogP contribution >= 0.6 is 31.9 Å². The van der Waals surface area contributed by atoms with Crippen LogP contribution in [0.3, 0.4) is 0 Å². The number of rotatable bonds is 2. The maximum absolute atomic E-state index is 11.4. The fourth-order valence-electron chi connectivity index (χ4n) is 0.486. The van der Waals surface area contributed by atoms with Crippen molar-refractivity contribution >= 4 is 43.6 Å². The Morgan fingerprint density at radius 2 is 1.54 bits per heavy atom. The molecule has 0 spiro atoms. The van der Waals surface area contributed by atoms with Crippen LogP contribution in [-0.2, 0) is 14.3 Å². The third-order valence-electron chi connectivity index (χ3n) is 1.10. The molecule has 13 heavy (non-hydrogen) atoms. The van der Waals surface area contributed by atoms with Crippen molar-refractivity contribution in [3.8, 4) is 0 Å². The molecule has 0 bridgehead atoms. The maximum Gasteiger partial charge on any atom is 0.342 e. The Kier molecular flexibility index (Phi) is 4.12. The van der Waals surface area contributed by atoms with E-state index in [1.807, 2.05) is 0 Å². The SMILES string of the molecule is CC(=O)C(Br)(Br)C(=O)OC(C)(C)C. The quantitative estimate of drug-likeness (QED) is 0.446. The molecule has 0 aliphatic heterocycles. The first-order chi connectivity index (χ1) is 5.57. The van der Waals surface area contributed by atoms with Gasteiger partial charge in [0.2, 0.25) is 3.23 Å². The lowest BCUT2D eigenvalue weighted by molar-refractivity contribution is -0.155. The Hall–Kier alpha value is 0.1000. The fourth-order valence-corrected chi connectivity index (χ4v) is 0.648. The molecule has 0 heterocycles. The second-order valence-corrected chi connectivity index (χ2v) is 7.08. The van der Waals surface area contributed by atoms with Gasteiger partial charge < -0.3 is 4.74 Å². The van der Waals surface area contributed by atoms with Crippen molar-refractivity contribution in [1.82, 2.24) is 0 Å². The molecule has 0 atom stereocenters. The van der Waals surface area contributed by atoms with Gasteiger partial charge in [0.1, 0.15) is 5.60 Å². The van der Waals surface area contributed by atoms with Gasteiger partial charge in [-0.25, -0.2) is 4.79 Å². The number of carbonyl (C=O) groups is 2. The number of ether oxygens (including phenoxy) is 1. The predicted octanol–water partition coefficient (Wildman–Crippen LogP) is 2.40. The second-order valence-electron chi connectivity index (χ2n) is 3.63. The summed E-state index contributed by atoms with van der Waals surface area (Å²) in [5.41, 5.74) is -0.598. The largest absolute Gasteiger partial charge is 0.458 e. The zero-order valence-corrected chi connectivity index (χ0v) is 11.2. The van der Waals surface area contributed by atoms with Crippen LogP contribution in [0.25, 0.3) is 0 Å². The molecule has 0 aliphatic rings. The maximum atomic E-state index is 11.4. The van der Waals surface area contributed by atoms with E-state index in [0.29, 0.717) is 0 Å². The van der Waals surface area contributed by atoms with E-state index < -0.39 is 14.8 Å². The van der Waals surface area contributed by atoms with Gasteiger partial charge in [0.15, 0.2) is 5.78 Å². The molecule has 76 valence electrons. The zero-order valence-electron chi connectivity index (χ0n) is 7.98. The summed E-state index contributed by atoms with van der Waals surface area (Å²) < 4.78 is 3.60. The Bertz CT molecular complexity index is 228. The summed E-state index contributed by atoms with van der Waals surface area (Å²) in [5, 5.41) is 0. The number of halogens is 2. The van der Waals surface area contributed by atoms with Gasteiger partial charge in [0.25, 0.3) is 0 Å². The lowest BCUT2D eigenvalue weighted by Crippen LogP contribution is -2.38. The summed E-state index contributed by atoms with van der Waals surface area (Å²) in [5.74, 6) is -0.978. The molecule has 0 fully saturated rings. The second kappa shape index (κ2) is 4.09. The van der Waals surface area contributed by atoms with Crippen LogP contribution in [-0.4, -0.2) is 20.6 Å². The number of hydrogen-bond donors (Lipinski definition) is 0. The highest BCUT2D eigenvalue weighted by atomic mass is 79.9. The lowest BCUT2D eigenvalue weighted by atomic mass is 10.2. The number of Topliss-reactive ketones (excluding diaryl/α,β-unsaturated/α-hetero) is 1. The van der Waals surface area contributed by atoms with Crippen molar-refractivity contribution in [2.24, 2.45) is 0 Å². The predicted molar refractivity (Wildman–Crippen MR) is 57.1 cm³/mol. The first kappa shape index (κ1) is 13.1. The minimum absolute atomic E-state index is 0.346. The van der Waals surface area contributed by atoms with Crippen LogP contribution in [0, 0.1) is 0 Å². The highest BCUT2D eigenvalue weighted by Crippen LogP contribution is 2.30. The summed E-state index contributed by atoms with van der Waals surface area (Å²) in [4.78, 5) is 22.4. The minimum atomic E-state index is -1.41. The van der Waals surface area contributed by atoms with Crippen molar-refractivity contribution in [2.75, 3.05) is 0 Å². The van der Waals surface area contributed by atoms with Crippen molar-refractivity contribution < 1.29 is 14.3 Å². The number of hydrogen-bond acceptors (Lipinski definition) is 3. The minimum Gasteiger partial charge on any atom is -0.458 e. The molecule has 0 saturated carbocycles. The summed E-state index contributed by atoms with van der Waals surface area (Å²) in [6, 6.07) is 0. The van der Waals surface area contributed by atoms with Gasteiger partial charge in [-0.1, -0.05) is 31.9 Å². The van der Waals surface area contributed by atoms with Crippen LogP contribution in [0.15, 0.2) is 0 Å². The number of ketones is 1. The van der Waals surface area contributed by atoms with Gasteiger partial charge in [-0.15, -0.1) is 0 Å². The molecule has 0 aromatic heterocycles. The highest BCUT2D eigenvalue weighted by Gasteiger charge is 2.41. The van der Waals surface area contributed by atoms with Crippen LogP contribution in [0.1, 0.15) is 27.7 Å². The molecule has 0 aromatic rings. The van der Waals surface area contributed by atoms with E-state index in [4.69, 9.17) is 4.74 Å². The molecular formula is C8H12Br2O3. The van der Waals surface area contributed by atoms with E-state index >= 15 is 0 Å². The molecule has 3 nitrogen and oxygen atoms in total. The van der Waals surface area contributed by atoms with E-state index in [1.54, 1.807) is 20.8 Å². The van der Waals surface area contributed by atoms with Crippen LogP contribution in [0.2, 0.25) is 0 Å². The molecule has 0 N–H and O–H groups in total. The fraction of sp³-hybridized carbons (Fsp3) is 0.750. The highest BCUT2D eigenvalue weighted by molar-refractivity contribution is 9.26. The van der Waals surface area contributed by atoms with Crippen LogP contribution in [0.5, 0.6) is 0 Å². The van der Waals surface area contributed by atoms with E-state index in [0.717, 1.165) is 0 Å². The van der Waals surface area contributed by atoms with Gasteiger partial charge in [-0.3, -0.25) is 4.79 Å². The van der Waals surface area contributed by atoms with E-state index in [2.05, 4.69) is 31.9 Å². The molecule has 0 aliphatic carbocycles. The Labute approximate surface area is 94.5 Å². The number of esters is 1. The normalized spacial score (nSPS) is 12.5. The van der Waals surface area contributed by atoms with E-state index in [1.165, 1.54) is 6.92 Å². The van der Waals surface area contributed by atoms with Gasteiger partial charge >= 0.3 is 5.97 Å². The summed E-state index contributed by atoms with van der Waals surface area (Å²) >= 11 is 5.91. The molecule has 0 saturated heterocycles. The monoisotopic (exact) mass is 314 g/mol. The summed E-state index contributed by atoms with van der Waals surface area (Å²) in [6.07, 6.45) is 0. The van der Waals surface area contributed by atoms with Gasteiger partial charge in [0.05, 0.1) is 0 Å². The first-order valence-corrected chi connectivity index (χ1v) is 5.28. The smallest absolute Gasteiger partial charge is 0.342 e.